The third kappa shape index (κ3) is 3.08. The standard InChI is InChI=1S/C11H11ClO3/c12-10-5-8(3-1-2-4-13)11(15)9(6-10)7-14/h1,3,5-7,13,15H,2,4H2. The molecule has 15 heavy (non-hydrogen) atoms. The second-order valence-electron chi connectivity index (χ2n) is 2.97. The molecule has 0 unspecified atom stereocenters. The molecule has 0 aromatic heterocycles. The summed E-state index contributed by atoms with van der Waals surface area (Å²) in [6.45, 7) is 0.0400. The first-order chi connectivity index (χ1) is 7.19. The van der Waals surface area contributed by atoms with E-state index < -0.39 is 0 Å². The Morgan fingerprint density at radius 2 is 2.00 bits per heavy atom. The number of aliphatic hydroxyl groups is 1. The van der Waals surface area contributed by atoms with Crippen molar-refractivity contribution < 1.29 is 15.0 Å². The molecule has 0 saturated heterocycles. The molecule has 0 bridgehead atoms. The Morgan fingerprint density at radius 1 is 1.33 bits per heavy atom. The Labute approximate surface area is 92.6 Å². The number of aldehydes is 1. The molecule has 3 nitrogen and oxygen atoms in total. The second kappa shape index (κ2) is 5.53. The Hall–Kier alpha value is -1.32. The van der Waals surface area contributed by atoms with E-state index in [1.165, 1.54) is 6.07 Å². The number of aromatic hydroxyl groups is 1. The normalized spacial score (nSPS) is 10.8. The monoisotopic (exact) mass is 226 g/mol. The van der Waals surface area contributed by atoms with Gasteiger partial charge < -0.3 is 10.2 Å². The summed E-state index contributed by atoms with van der Waals surface area (Å²) in [6.07, 6.45) is 4.34. The topological polar surface area (TPSA) is 57.5 Å². The van der Waals surface area contributed by atoms with Crippen LogP contribution in [0.3, 0.4) is 0 Å². The van der Waals surface area contributed by atoms with Crippen molar-refractivity contribution >= 4 is 24.0 Å². The summed E-state index contributed by atoms with van der Waals surface area (Å²) in [4.78, 5) is 10.6. The van der Waals surface area contributed by atoms with Gasteiger partial charge in [0.1, 0.15) is 5.75 Å². The molecule has 0 aliphatic rings. The van der Waals surface area contributed by atoms with Crippen LogP contribution in [0.5, 0.6) is 5.75 Å². The van der Waals surface area contributed by atoms with Gasteiger partial charge in [-0.05, 0) is 18.6 Å². The fraction of sp³-hybridized carbons (Fsp3) is 0.182. The smallest absolute Gasteiger partial charge is 0.153 e. The molecule has 0 aliphatic carbocycles. The van der Waals surface area contributed by atoms with Gasteiger partial charge in [-0.3, -0.25) is 4.79 Å². The van der Waals surface area contributed by atoms with Gasteiger partial charge in [0.05, 0.1) is 5.56 Å². The zero-order valence-electron chi connectivity index (χ0n) is 7.98. The second-order valence-corrected chi connectivity index (χ2v) is 3.40. The highest BCUT2D eigenvalue weighted by molar-refractivity contribution is 6.31. The van der Waals surface area contributed by atoms with Crippen LogP contribution in [0.15, 0.2) is 18.2 Å². The van der Waals surface area contributed by atoms with Crippen molar-refractivity contribution in [3.05, 3.63) is 34.4 Å². The van der Waals surface area contributed by atoms with E-state index in [0.717, 1.165) is 0 Å². The summed E-state index contributed by atoms with van der Waals surface area (Å²) in [5.74, 6) is -0.0939. The van der Waals surface area contributed by atoms with Crippen LogP contribution < -0.4 is 0 Å². The van der Waals surface area contributed by atoms with Crippen LogP contribution in [-0.4, -0.2) is 23.1 Å². The van der Waals surface area contributed by atoms with Crippen molar-refractivity contribution in [2.75, 3.05) is 6.61 Å². The Kier molecular flexibility index (Phi) is 4.34. The van der Waals surface area contributed by atoms with E-state index in [1.54, 1.807) is 18.2 Å². The van der Waals surface area contributed by atoms with Gasteiger partial charge in [0, 0.05) is 17.2 Å². The number of carbonyl (C=O) groups is 1. The van der Waals surface area contributed by atoms with Crippen molar-refractivity contribution in [2.45, 2.75) is 6.42 Å². The van der Waals surface area contributed by atoms with E-state index in [-0.39, 0.29) is 17.9 Å². The van der Waals surface area contributed by atoms with Gasteiger partial charge in [0.2, 0.25) is 0 Å². The number of hydrogen-bond donors (Lipinski definition) is 2. The first-order valence-electron chi connectivity index (χ1n) is 4.44. The van der Waals surface area contributed by atoms with E-state index in [9.17, 15) is 9.90 Å². The van der Waals surface area contributed by atoms with E-state index in [4.69, 9.17) is 16.7 Å². The predicted molar refractivity (Wildman–Crippen MR) is 59.2 cm³/mol. The Morgan fingerprint density at radius 3 is 2.60 bits per heavy atom. The molecule has 0 aliphatic heterocycles. The molecule has 0 spiro atoms. The molecule has 1 aromatic rings. The van der Waals surface area contributed by atoms with Crippen molar-refractivity contribution in [3.63, 3.8) is 0 Å². The number of rotatable bonds is 4. The van der Waals surface area contributed by atoms with Crippen LogP contribution in [0.1, 0.15) is 22.3 Å². The minimum absolute atomic E-state index is 0.0400. The zero-order chi connectivity index (χ0) is 11.3. The van der Waals surface area contributed by atoms with Crippen LogP contribution >= 0.6 is 11.6 Å². The van der Waals surface area contributed by atoms with Crippen LogP contribution in [-0.2, 0) is 0 Å². The molecule has 0 radical (unpaired) electrons. The maximum atomic E-state index is 10.6. The van der Waals surface area contributed by atoms with Gasteiger partial charge in [-0.25, -0.2) is 0 Å². The molecule has 0 amide bonds. The van der Waals surface area contributed by atoms with Crippen molar-refractivity contribution in [1.29, 1.82) is 0 Å². The minimum atomic E-state index is -0.0939. The molecule has 1 rings (SSSR count). The summed E-state index contributed by atoms with van der Waals surface area (Å²) in [5, 5.41) is 18.6. The molecule has 1 aromatic carbocycles. The van der Waals surface area contributed by atoms with E-state index in [1.807, 2.05) is 0 Å². The summed E-state index contributed by atoms with van der Waals surface area (Å²) >= 11 is 5.76. The predicted octanol–water partition coefficient (Wildman–Crippen LogP) is 2.25. The fourth-order valence-electron chi connectivity index (χ4n) is 1.14. The summed E-state index contributed by atoms with van der Waals surface area (Å²) in [5.41, 5.74) is 0.629. The van der Waals surface area contributed by atoms with E-state index in [0.29, 0.717) is 23.3 Å². The average Bonchev–Trinajstić information content (AvgIpc) is 2.23. The number of phenols is 1. The largest absolute Gasteiger partial charge is 0.507 e. The third-order valence-corrected chi connectivity index (χ3v) is 2.07. The van der Waals surface area contributed by atoms with Crippen molar-refractivity contribution in [1.82, 2.24) is 0 Å². The quantitative estimate of drug-likeness (QED) is 0.775. The van der Waals surface area contributed by atoms with Crippen molar-refractivity contribution in [3.8, 4) is 5.75 Å². The maximum absolute atomic E-state index is 10.6. The number of hydrogen-bond acceptors (Lipinski definition) is 3. The molecule has 2 N–H and O–H groups in total. The average molecular weight is 227 g/mol. The lowest BCUT2D eigenvalue weighted by atomic mass is 10.1. The molecule has 80 valence electrons. The summed E-state index contributed by atoms with van der Waals surface area (Å²) in [6, 6.07) is 2.95. The lowest BCUT2D eigenvalue weighted by Gasteiger charge is -2.03. The van der Waals surface area contributed by atoms with Crippen LogP contribution in [0.4, 0.5) is 0 Å². The Bertz CT molecular complexity index is 386. The van der Waals surface area contributed by atoms with Gasteiger partial charge in [-0.2, -0.15) is 0 Å². The van der Waals surface area contributed by atoms with E-state index >= 15 is 0 Å². The van der Waals surface area contributed by atoms with Crippen LogP contribution in [0.25, 0.3) is 6.08 Å². The number of halogens is 1. The SMILES string of the molecule is O=Cc1cc(Cl)cc(C=CCCO)c1O. The zero-order valence-corrected chi connectivity index (χ0v) is 8.74. The fourth-order valence-corrected chi connectivity index (χ4v) is 1.38. The molecule has 0 atom stereocenters. The Balaban J connectivity index is 3.06. The number of benzene rings is 1. The third-order valence-electron chi connectivity index (χ3n) is 1.85. The maximum Gasteiger partial charge on any atom is 0.153 e. The number of phenolic OH excluding ortho intramolecular Hbond substituents is 1. The summed E-state index contributed by atoms with van der Waals surface area (Å²) in [7, 11) is 0. The highest BCUT2D eigenvalue weighted by Crippen LogP contribution is 2.27. The first-order valence-corrected chi connectivity index (χ1v) is 4.82. The van der Waals surface area contributed by atoms with Crippen LogP contribution in [0.2, 0.25) is 5.02 Å². The molecular formula is C11H11ClO3. The highest BCUT2D eigenvalue weighted by atomic mass is 35.5. The molecule has 0 fully saturated rings. The molecular weight excluding hydrogens is 216 g/mol. The lowest BCUT2D eigenvalue weighted by Crippen LogP contribution is -1.85. The first kappa shape index (κ1) is 11.8. The van der Waals surface area contributed by atoms with Gasteiger partial charge in [-0.15, -0.1) is 0 Å². The van der Waals surface area contributed by atoms with Gasteiger partial charge in [0.15, 0.2) is 6.29 Å². The van der Waals surface area contributed by atoms with Gasteiger partial charge in [-0.1, -0.05) is 23.8 Å². The molecule has 4 heteroatoms. The highest BCUT2D eigenvalue weighted by Gasteiger charge is 2.06. The number of carbonyl (C=O) groups excluding carboxylic acids is 1. The van der Waals surface area contributed by atoms with E-state index in [2.05, 4.69) is 0 Å². The van der Waals surface area contributed by atoms with Crippen molar-refractivity contribution in [2.24, 2.45) is 0 Å². The lowest BCUT2D eigenvalue weighted by molar-refractivity contribution is 0.112. The van der Waals surface area contributed by atoms with Gasteiger partial charge in [0.25, 0.3) is 0 Å². The summed E-state index contributed by atoms with van der Waals surface area (Å²) < 4.78 is 0. The van der Waals surface area contributed by atoms with Crippen LogP contribution in [0, 0.1) is 0 Å². The number of aliphatic hydroxyl groups excluding tert-OH is 1. The molecule has 0 saturated carbocycles. The minimum Gasteiger partial charge on any atom is -0.507 e. The van der Waals surface area contributed by atoms with Gasteiger partial charge >= 0.3 is 0 Å². The molecule has 0 heterocycles.